The molecule has 1 aromatic heterocycles. The largest absolute Gasteiger partial charge is 0.264 e. The molecule has 0 aliphatic rings. The molecule has 1 aromatic carbocycles. The highest BCUT2D eigenvalue weighted by molar-refractivity contribution is 9.10. The van der Waals surface area contributed by atoms with E-state index in [1.807, 2.05) is 0 Å². The zero-order valence-electron chi connectivity index (χ0n) is 9.27. The van der Waals surface area contributed by atoms with Gasteiger partial charge in [0.25, 0.3) is 10.0 Å². The molecule has 0 unspecified atom stereocenters. The van der Waals surface area contributed by atoms with Gasteiger partial charge in [0.15, 0.2) is 0 Å². The van der Waals surface area contributed by atoms with Crippen molar-refractivity contribution in [3.63, 3.8) is 0 Å². The summed E-state index contributed by atoms with van der Waals surface area (Å²) in [5, 5.41) is 0. The van der Waals surface area contributed by atoms with Gasteiger partial charge in [-0.1, -0.05) is 0 Å². The number of hydrogen-bond acceptors (Lipinski definition) is 3. The summed E-state index contributed by atoms with van der Waals surface area (Å²) in [4.78, 5) is 3.44. The highest BCUT2D eigenvalue weighted by Crippen LogP contribution is 2.24. The van der Waals surface area contributed by atoms with E-state index in [1.165, 1.54) is 6.07 Å². The molecule has 0 fully saturated rings. The Kier molecular flexibility index (Phi) is 3.81. The van der Waals surface area contributed by atoms with Gasteiger partial charge in [-0.25, -0.2) is 22.2 Å². The highest BCUT2D eigenvalue weighted by Gasteiger charge is 2.18. The number of benzene rings is 1. The SMILES string of the molecule is O=S(=O)(Nc1ccc(F)cn1)c1ccc(F)cc1Br. The van der Waals surface area contributed by atoms with E-state index in [2.05, 4.69) is 25.6 Å². The molecule has 0 bridgehead atoms. The summed E-state index contributed by atoms with van der Waals surface area (Å²) in [5.74, 6) is -1.17. The number of rotatable bonds is 3. The lowest BCUT2D eigenvalue weighted by molar-refractivity contribution is 0.598. The van der Waals surface area contributed by atoms with Crippen LogP contribution in [0.4, 0.5) is 14.6 Å². The van der Waals surface area contributed by atoms with Crippen molar-refractivity contribution in [3.8, 4) is 0 Å². The quantitative estimate of drug-likeness (QED) is 0.927. The van der Waals surface area contributed by atoms with Gasteiger partial charge in [0, 0.05) is 4.47 Å². The Morgan fingerprint density at radius 1 is 1.11 bits per heavy atom. The number of nitrogens with one attached hydrogen (secondary N) is 1. The fourth-order valence-corrected chi connectivity index (χ4v) is 3.38. The molecule has 0 radical (unpaired) electrons. The molecule has 0 spiro atoms. The van der Waals surface area contributed by atoms with E-state index in [0.29, 0.717) is 0 Å². The van der Waals surface area contributed by atoms with E-state index in [-0.39, 0.29) is 15.2 Å². The number of pyridine rings is 1. The first-order valence-electron chi connectivity index (χ1n) is 4.98. The molecule has 2 rings (SSSR count). The Balaban J connectivity index is 2.35. The molecule has 0 amide bonds. The molecule has 19 heavy (non-hydrogen) atoms. The summed E-state index contributed by atoms with van der Waals surface area (Å²) in [5.41, 5.74) is 0. The van der Waals surface area contributed by atoms with Gasteiger partial charge < -0.3 is 0 Å². The minimum absolute atomic E-state index is 0.0300. The van der Waals surface area contributed by atoms with Crippen LogP contribution in [0.25, 0.3) is 0 Å². The molecule has 4 nitrogen and oxygen atoms in total. The van der Waals surface area contributed by atoms with Gasteiger partial charge in [-0.3, -0.25) is 4.72 Å². The molecule has 2 aromatic rings. The first-order valence-corrected chi connectivity index (χ1v) is 7.25. The Bertz CT molecular complexity index is 705. The number of anilines is 1. The maximum absolute atomic E-state index is 12.9. The van der Waals surface area contributed by atoms with Crippen molar-refractivity contribution in [3.05, 3.63) is 52.6 Å². The molecule has 1 N–H and O–H groups in total. The first-order chi connectivity index (χ1) is 8.88. The summed E-state index contributed by atoms with van der Waals surface area (Å²) < 4.78 is 51.9. The van der Waals surface area contributed by atoms with E-state index in [1.54, 1.807) is 0 Å². The normalized spacial score (nSPS) is 11.3. The zero-order chi connectivity index (χ0) is 14.0. The van der Waals surface area contributed by atoms with Crippen LogP contribution in [0, 0.1) is 11.6 Å². The van der Waals surface area contributed by atoms with Crippen LogP contribution in [-0.4, -0.2) is 13.4 Å². The predicted octanol–water partition coefficient (Wildman–Crippen LogP) is 2.92. The van der Waals surface area contributed by atoms with Crippen molar-refractivity contribution in [1.29, 1.82) is 0 Å². The maximum atomic E-state index is 12.9. The summed E-state index contributed by atoms with van der Waals surface area (Å²) >= 11 is 2.97. The fraction of sp³-hybridized carbons (Fsp3) is 0. The second-order valence-electron chi connectivity index (χ2n) is 3.54. The van der Waals surface area contributed by atoms with Crippen LogP contribution in [0.5, 0.6) is 0 Å². The van der Waals surface area contributed by atoms with E-state index in [4.69, 9.17) is 0 Å². The Hall–Kier alpha value is -1.54. The Labute approximate surface area is 116 Å². The molecule has 1 heterocycles. The molecule has 0 atom stereocenters. The number of sulfonamides is 1. The second kappa shape index (κ2) is 5.22. The van der Waals surface area contributed by atoms with E-state index in [9.17, 15) is 17.2 Å². The minimum Gasteiger partial charge on any atom is -0.263 e. The summed E-state index contributed by atoms with van der Waals surface area (Å²) in [6.45, 7) is 0. The third-order valence-corrected chi connectivity index (χ3v) is 4.48. The average molecular weight is 349 g/mol. The highest BCUT2D eigenvalue weighted by atomic mass is 79.9. The van der Waals surface area contributed by atoms with Crippen LogP contribution >= 0.6 is 15.9 Å². The lowest BCUT2D eigenvalue weighted by Gasteiger charge is -2.08. The van der Waals surface area contributed by atoms with Crippen LogP contribution in [0.15, 0.2) is 45.9 Å². The van der Waals surface area contributed by atoms with Gasteiger partial charge in [0.05, 0.1) is 6.20 Å². The molecular formula is C11H7BrF2N2O2S. The van der Waals surface area contributed by atoms with Gasteiger partial charge in [-0.15, -0.1) is 0 Å². The van der Waals surface area contributed by atoms with Crippen LogP contribution in [0.3, 0.4) is 0 Å². The van der Waals surface area contributed by atoms with Gasteiger partial charge in [-0.05, 0) is 46.3 Å². The first kappa shape index (κ1) is 13.9. The van der Waals surface area contributed by atoms with Gasteiger partial charge >= 0.3 is 0 Å². The van der Waals surface area contributed by atoms with Crippen LogP contribution in [0.2, 0.25) is 0 Å². The third-order valence-electron chi connectivity index (χ3n) is 2.15. The lowest BCUT2D eigenvalue weighted by Crippen LogP contribution is -2.14. The minimum atomic E-state index is -3.92. The van der Waals surface area contributed by atoms with Gasteiger partial charge in [0.2, 0.25) is 0 Å². The zero-order valence-corrected chi connectivity index (χ0v) is 11.7. The van der Waals surface area contributed by atoms with E-state index in [0.717, 1.165) is 30.5 Å². The predicted molar refractivity (Wildman–Crippen MR) is 69.1 cm³/mol. The third kappa shape index (κ3) is 3.27. The monoisotopic (exact) mass is 348 g/mol. The summed E-state index contributed by atoms with van der Waals surface area (Å²) in [6.07, 6.45) is 0.886. The standard InChI is InChI=1S/C11H7BrF2N2O2S/c12-9-5-7(13)1-3-10(9)19(17,18)16-11-4-2-8(14)6-15-11/h1-6H,(H,15,16). The molecule has 0 saturated heterocycles. The van der Waals surface area contributed by atoms with Crippen molar-refractivity contribution in [2.45, 2.75) is 4.90 Å². The fourth-order valence-electron chi connectivity index (χ4n) is 1.32. The molecular weight excluding hydrogens is 342 g/mol. The second-order valence-corrected chi connectivity index (χ2v) is 6.05. The van der Waals surface area contributed by atoms with Crippen LogP contribution in [0.1, 0.15) is 0 Å². The molecule has 8 heteroatoms. The number of aromatic nitrogens is 1. The molecule has 100 valence electrons. The van der Waals surface area contributed by atoms with Crippen molar-refractivity contribution >= 4 is 31.8 Å². The topological polar surface area (TPSA) is 59.1 Å². The lowest BCUT2D eigenvalue weighted by atomic mass is 10.3. The smallest absolute Gasteiger partial charge is 0.263 e. The van der Waals surface area contributed by atoms with E-state index < -0.39 is 21.7 Å². The average Bonchev–Trinajstić information content (AvgIpc) is 2.31. The summed E-state index contributed by atoms with van der Waals surface area (Å²) in [6, 6.07) is 5.43. The van der Waals surface area contributed by atoms with Gasteiger partial charge in [0.1, 0.15) is 22.3 Å². The van der Waals surface area contributed by atoms with E-state index >= 15 is 0 Å². The Morgan fingerprint density at radius 2 is 1.79 bits per heavy atom. The van der Waals surface area contributed by atoms with Crippen molar-refractivity contribution in [2.75, 3.05) is 4.72 Å². The molecule has 0 aliphatic carbocycles. The Morgan fingerprint density at radius 3 is 2.37 bits per heavy atom. The molecule has 0 aliphatic heterocycles. The maximum Gasteiger partial charge on any atom is 0.264 e. The van der Waals surface area contributed by atoms with Crippen molar-refractivity contribution < 1.29 is 17.2 Å². The molecule has 0 saturated carbocycles. The van der Waals surface area contributed by atoms with Crippen LogP contribution in [-0.2, 0) is 10.0 Å². The van der Waals surface area contributed by atoms with Crippen LogP contribution < -0.4 is 4.72 Å². The number of hydrogen-bond donors (Lipinski definition) is 1. The van der Waals surface area contributed by atoms with Crippen molar-refractivity contribution in [2.24, 2.45) is 0 Å². The number of halogens is 3. The van der Waals surface area contributed by atoms with Crippen molar-refractivity contribution in [1.82, 2.24) is 4.98 Å². The number of nitrogens with zero attached hydrogens (tertiary/aromatic N) is 1. The van der Waals surface area contributed by atoms with Gasteiger partial charge in [-0.2, -0.15) is 0 Å². The summed E-state index contributed by atoms with van der Waals surface area (Å²) in [7, 11) is -3.92.